The predicted octanol–water partition coefficient (Wildman–Crippen LogP) is 1.71. The molecule has 0 amide bonds. The molecule has 6 nitrogen and oxygen atoms in total. The quantitative estimate of drug-likeness (QED) is 0.764. The summed E-state index contributed by atoms with van der Waals surface area (Å²) in [5.41, 5.74) is 0.497. The SMILES string of the molecule is NS(=O)(=O)c1ccc(CNS(=O)(=O)c2cc(Br)ccc2F)cc1. The Bertz CT molecular complexity index is 929. The summed E-state index contributed by atoms with van der Waals surface area (Å²) >= 11 is 3.08. The van der Waals surface area contributed by atoms with Gasteiger partial charge in [-0.3, -0.25) is 0 Å². The van der Waals surface area contributed by atoms with E-state index in [1.165, 1.54) is 30.3 Å². The lowest BCUT2D eigenvalue weighted by Gasteiger charge is -2.08. The Morgan fingerprint density at radius 3 is 2.22 bits per heavy atom. The smallest absolute Gasteiger partial charge is 0.225 e. The maximum Gasteiger partial charge on any atom is 0.243 e. The van der Waals surface area contributed by atoms with Crippen molar-refractivity contribution in [3.05, 3.63) is 58.3 Å². The first-order valence-electron chi connectivity index (χ1n) is 6.16. The molecule has 2 rings (SSSR count). The summed E-state index contributed by atoms with van der Waals surface area (Å²) in [5.74, 6) is -0.870. The highest BCUT2D eigenvalue weighted by Gasteiger charge is 2.19. The normalized spacial score (nSPS) is 12.3. The van der Waals surface area contributed by atoms with Crippen molar-refractivity contribution in [1.82, 2.24) is 4.72 Å². The number of rotatable bonds is 5. The molecule has 0 aliphatic carbocycles. The van der Waals surface area contributed by atoms with E-state index in [1.54, 1.807) is 0 Å². The molecule has 0 saturated carbocycles. The van der Waals surface area contributed by atoms with Crippen LogP contribution in [0.15, 0.2) is 56.7 Å². The molecule has 0 aliphatic heterocycles. The fourth-order valence-electron chi connectivity index (χ4n) is 1.74. The zero-order valence-electron chi connectivity index (χ0n) is 11.5. The van der Waals surface area contributed by atoms with Crippen molar-refractivity contribution in [2.75, 3.05) is 0 Å². The van der Waals surface area contributed by atoms with Crippen LogP contribution in [0.1, 0.15) is 5.56 Å². The molecule has 2 aromatic rings. The second-order valence-corrected chi connectivity index (χ2v) is 8.80. The molecule has 0 fully saturated rings. The van der Waals surface area contributed by atoms with Crippen LogP contribution < -0.4 is 9.86 Å². The van der Waals surface area contributed by atoms with Gasteiger partial charge in [0.25, 0.3) is 0 Å². The number of nitrogens with two attached hydrogens (primary N) is 1. The second-order valence-electron chi connectivity index (χ2n) is 4.59. The standard InChI is InChI=1S/C13H12BrFN2O4S2/c14-10-3-6-12(15)13(7-10)23(20,21)17-8-9-1-4-11(5-2-9)22(16,18)19/h1-7,17H,8H2,(H2,16,18,19). The average molecular weight is 423 g/mol. The third kappa shape index (κ3) is 4.58. The van der Waals surface area contributed by atoms with Crippen LogP contribution in [0, 0.1) is 5.82 Å². The van der Waals surface area contributed by atoms with Crippen LogP contribution in [-0.2, 0) is 26.6 Å². The first-order chi connectivity index (χ1) is 10.6. The summed E-state index contributed by atoms with van der Waals surface area (Å²) in [5, 5.41) is 4.97. The van der Waals surface area contributed by atoms with Crippen LogP contribution >= 0.6 is 15.9 Å². The van der Waals surface area contributed by atoms with E-state index in [1.807, 2.05) is 0 Å². The maximum absolute atomic E-state index is 13.7. The monoisotopic (exact) mass is 422 g/mol. The zero-order chi connectivity index (χ0) is 17.3. The Morgan fingerprint density at radius 1 is 1.04 bits per heavy atom. The van der Waals surface area contributed by atoms with Gasteiger partial charge in [-0.05, 0) is 35.9 Å². The molecule has 23 heavy (non-hydrogen) atoms. The van der Waals surface area contributed by atoms with Crippen LogP contribution in [0.2, 0.25) is 0 Å². The minimum atomic E-state index is -4.05. The van der Waals surface area contributed by atoms with Gasteiger partial charge in [-0.2, -0.15) is 0 Å². The van der Waals surface area contributed by atoms with E-state index in [2.05, 4.69) is 20.7 Å². The summed E-state index contributed by atoms with van der Waals surface area (Å²) in [6.45, 7) is -0.126. The van der Waals surface area contributed by atoms with Gasteiger partial charge in [-0.25, -0.2) is 31.1 Å². The van der Waals surface area contributed by atoms with Crippen LogP contribution in [-0.4, -0.2) is 16.8 Å². The van der Waals surface area contributed by atoms with Crippen LogP contribution in [0.3, 0.4) is 0 Å². The molecule has 0 heterocycles. The van der Waals surface area contributed by atoms with Gasteiger partial charge in [0.05, 0.1) is 4.90 Å². The van der Waals surface area contributed by atoms with Gasteiger partial charge in [-0.1, -0.05) is 28.1 Å². The molecule has 2 aromatic carbocycles. The van der Waals surface area contributed by atoms with Gasteiger partial charge >= 0.3 is 0 Å². The zero-order valence-corrected chi connectivity index (χ0v) is 14.8. The molecule has 0 spiro atoms. The summed E-state index contributed by atoms with van der Waals surface area (Å²) in [6, 6.07) is 8.94. The van der Waals surface area contributed by atoms with Crippen LogP contribution in [0.4, 0.5) is 4.39 Å². The third-order valence-corrected chi connectivity index (χ3v) is 5.74. The van der Waals surface area contributed by atoms with Crippen molar-refractivity contribution in [3.8, 4) is 0 Å². The van der Waals surface area contributed by atoms with Crippen molar-refractivity contribution in [2.45, 2.75) is 16.3 Å². The Morgan fingerprint density at radius 2 is 1.65 bits per heavy atom. The fraction of sp³-hybridized carbons (Fsp3) is 0.0769. The fourth-order valence-corrected chi connectivity index (χ4v) is 3.88. The molecular weight excluding hydrogens is 411 g/mol. The van der Waals surface area contributed by atoms with Crippen molar-refractivity contribution in [2.24, 2.45) is 5.14 Å². The number of hydrogen-bond acceptors (Lipinski definition) is 4. The number of nitrogens with one attached hydrogen (secondary N) is 1. The number of sulfonamides is 2. The Kier molecular flexibility index (Phi) is 5.21. The highest BCUT2D eigenvalue weighted by molar-refractivity contribution is 9.10. The average Bonchev–Trinajstić information content (AvgIpc) is 2.47. The van der Waals surface area contributed by atoms with Gasteiger partial charge in [0, 0.05) is 11.0 Å². The second kappa shape index (κ2) is 6.65. The van der Waals surface area contributed by atoms with Gasteiger partial charge in [0.2, 0.25) is 20.0 Å². The molecule has 0 radical (unpaired) electrons. The maximum atomic E-state index is 13.7. The van der Waals surface area contributed by atoms with Gasteiger partial charge < -0.3 is 0 Å². The lowest BCUT2D eigenvalue weighted by molar-refractivity contribution is 0.556. The van der Waals surface area contributed by atoms with Gasteiger partial charge in [-0.15, -0.1) is 0 Å². The molecule has 3 N–H and O–H groups in total. The third-order valence-electron chi connectivity index (χ3n) is 2.90. The highest BCUT2D eigenvalue weighted by atomic mass is 79.9. The summed E-state index contributed by atoms with van der Waals surface area (Å²) in [7, 11) is -7.86. The lowest BCUT2D eigenvalue weighted by Crippen LogP contribution is -2.24. The van der Waals surface area contributed by atoms with Crippen molar-refractivity contribution in [1.29, 1.82) is 0 Å². The first-order valence-corrected chi connectivity index (χ1v) is 9.98. The number of hydrogen-bond donors (Lipinski definition) is 2. The van der Waals surface area contributed by atoms with E-state index < -0.39 is 30.8 Å². The van der Waals surface area contributed by atoms with Crippen LogP contribution in [0.5, 0.6) is 0 Å². The van der Waals surface area contributed by atoms with E-state index in [-0.39, 0.29) is 11.4 Å². The summed E-state index contributed by atoms with van der Waals surface area (Å²) < 4.78 is 62.8. The van der Waals surface area contributed by atoms with Gasteiger partial charge in [0.15, 0.2) is 0 Å². The van der Waals surface area contributed by atoms with E-state index >= 15 is 0 Å². The molecule has 0 bridgehead atoms. The van der Waals surface area contributed by atoms with E-state index in [9.17, 15) is 21.2 Å². The van der Waals surface area contributed by atoms with Crippen molar-refractivity contribution >= 4 is 36.0 Å². The van der Waals surface area contributed by atoms with E-state index in [0.717, 1.165) is 12.1 Å². The number of halogens is 2. The summed E-state index contributed by atoms with van der Waals surface area (Å²) in [6.07, 6.45) is 0. The Labute approximate surface area is 141 Å². The highest BCUT2D eigenvalue weighted by Crippen LogP contribution is 2.20. The molecule has 0 atom stereocenters. The predicted molar refractivity (Wildman–Crippen MR) is 85.9 cm³/mol. The van der Waals surface area contributed by atoms with Crippen molar-refractivity contribution < 1.29 is 21.2 Å². The Balaban J connectivity index is 2.18. The van der Waals surface area contributed by atoms with Crippen molar-refractivity contribution in [3.63, 3.8) is 0 Å². The minimum absolute atomic E-state index is 0.0814. The molecule has 0 saturated heterocycles. The van der Waals surface area contributed by atoms with Gasteiger partial charge in [0.1, 0.15) is 10.7 Å². The summed E-state index contributed by atoms with van der Waals surface area (Å²) in [4.78, 5) is -0.560. The minimum Gasteiger partial charge on any atom is -0.225 e. The molecule has 0 aromatic heterocycles. The topological polar surface area (TPSA) is 106 Å². The lowest BCUT2D eigenvalue weighted by atomic mass is 10.2. The molecule has 10 heteroatoms. The molecule has 0 aliphatic rings. The number of primary sulfonamides is 1. The Hall–Kier alpha value is -1.33. The molecule has 0 unspecified atom stereocenters. The largest absolute Gasteiger partial charge is 0.243 e. The van der Waals surface area contributed by atoms with E-state index in [4.69, 9.17) is 5.14 Å². The van der Waals surface area contributed by atoms with E-state index in [0.29, 0.717) is 10.0 Å². The molecular formula is C13H12BrFN2O4S2. The number of benzene rings is 2. The van der Waals surface area contributed by atoms with Crippen LogP contribution in [0.25, 0.3) is 0 Å². The first kappa shape index (κ1) is 18.0. The molecule has 124 valence electrons.